The fourth-order valence-electron chi connectivity index (χ4n) is 2.24. The van der Waals surface area contributed by atoms with Gasteiger partial charge in [-0.15, -0.1) is 24.0 Å². The van der Waals surface area contributed by atoms with Crippen LogP contribution in [0.15, 0.2) is 4.99 Å². The van der Waals surface area contributed by atoms with Crippen molar-refractivity contribution in [1.29, 1.82) is 0 Å². The van der Waals surface area contributed by atoms with Gasteiger partial charge in [-0.3, -0.25) is 9.89 Å². The minimum Gasteiger partial charge on any atom is -0.370 e. The molecule has 6 heteroatoms. The van der Waals surface area contributed by atoms with Gasteiger partial charge in [0.1, 0.15) is 0 Å². The third kappa shape index (κ3) is 7.64. The Bertz CT molecular complexity index is 275. The van der Waals surface area contributed by atoms with Gasteiger partial charge in [0, 0.05) is 45.3 Å². The van der Waals surface area contributed by atoms with Gasteiger partial charge in [0.05, 0.1) is 0 Å². The van der Waals surface area contributed by atoms with Crippen molar-refractivity contribution in [3.63, 3.8) is 0 Å². The molecule has 1 heterocycles. The van der Waals surface area contributed by atoms with Crippen molar-refractivity contribution in [2.45, 2.75) is 33.7 Å². The molecule has 0 aliphatic carbocycles. The zero-order valence-corrected chi connectivity index (χ0v) is 15.8. The van der Waals surface area contributed by atoms with Crippen molar-refractivity contribution in [3.05, 3.63) is 0 Å². The molecule has 1 rings (SSSR count). The molecule has 0 aromatic carbocycles. The second kappa shape index (κ2) is 10.6. The molecular weight excluding hydrogens is 365 g/mol. The van der Waals surface area contributed by atoms with Crippen molar-refractivity contribution < 1.29 is 0 Å². The van der Waals surface area contributed by atoms with Gasteiger partial charge in [-0.2, -0.15) is 0 Å². The van der Waals surface area contributed by atoms with E-state index in [1.54, 1.807) is 0 Å². The highest BCUT2D eigenvalue weighted by Gasteiger charge is 2.19. The Morgan fingerprint density at radius 2 is 1.80 bits per heavy atom. The molecule has 1 unspecified atom stereocenters. The number of nitrogens with zero attached hydrogens (tertiary/aromatic N) is 3. The number of hydrogen-bond donors (Lipinski definition) is 2. The summed E-state index contributed by atoms with van der Waals surface area (Å²) >= 11 is 0. The Morgan fingerprint density at radius 3 is 2.30 bits per heavy atom. The highest BCUT2D eigenvalue weighted by Crippen LogP contribution is 2.05. The first kappa shape index (κ1) is 19.9. The summed E-state index contributed by atoms with van der Waals surface area (Å²) in [5.74, 6) is 1.13. The average Bonchev–Trinajstić information content (AvgIpc) is 2.42. The fraction of sp³-hybridized carbons (Fsp3) is 0.929. The maximum atomic E-state index is 5.86. The molecule has 0 radical (unpaired) electrons. The van der Waals surface area contributed by atoms with E-state index in [0.717, 1.165) is 32.7 Å². The Labute approximate surface area is 141 Å². The van der Waals surface area contributed by atoms with E-state index < -0.39 is 0 Å². The first-order valence-corrected chi connectivity index (χ1v) is 7.53. The standard InChI is InChI=1S/C14H31N5.HI/c1-5-18-6-8-19(9-7-18)13(4)11-17-14(15)16-10-12(2)3;/h12-13H,5-11H2,1-4H3,(H3,15,16,17);1H. The number of halogens is 1. The van der Waals surface area contributed by atoms with Gasteiger partial charge < -0.3 is 16.0 Å². The topological polar surface area (TPSA) is 56.9 Å². The van der Waals surface area contributed by atoms with E-state index >= 15 is 0 Å². The zero-order chi connectivity index (χ0) is 14.3. The van der Waals surface area contributed by atoms with Crippen LogP contribution >= 0.6 is 24.0 Å². The Morgan fingerprint density at radius 1 is 1.20 bits per heavy atom. The lowest BCUT2D eigenvalue weighted by Crippen LogP contribution is -2.52. The third-order valence-electron chi connectivity index (χ3n) is 3.68. The molecule has 0 saturated carbocycles. The molecule has 0 aromatic heterocycles. The van der Waals surface area contributed by atoms with Crippen LogP contribution in [-0.4, -0.2) is 67.6 Å². The summed E-state index contributed by atoms with van der Waals surface area (Å²) in [7, 11) is 0. The summed E-state index contributed by atoms with van der Waals surface area (Å²) in [6, 6.07) is 0.506. The van der Waals surface area contributed by atoms with E-state index in [4.69, 9.17) is 5.73 Å². The predicted octanol–water partition coefficient (Wildman–Crippen LogP) is 1.19. The molecule has 1 aliphatic rings. The Balaban J connectivity index is 0.00000361. The number of nitrogens with two attached hydrogens (primary N) is 1. The average molecular weight is 397 g/mol. The Kier molecular flexibility index (Phi) is 10.6. The van der Waals surface area contributed by atoms with E-state index in [1.807, 2.05) is 0 Å². The number of likely N-dealkylation sites (N-methyl/N-ethyl adjacent to an activating group) is 1. The maximum Gasteiger partial charge on any atom is 0.188 e. The van der Waals surface area contributed by atoms with Crippen molar-refractivity contribution in [3.8, 4) is 0 Å². The summed E-state index contributed by atoms with van der Waals surface area (Å²) in [4.78, 5) is 9.34. The summed E-state index contributed by atoms with van der Waals surface area (Å²) in [5, 5.41) is 3.23. The summed E-state index contributed by atoms with van der Waals surface area (Å²) < 4.78 is 0. The highest BCUT2D eigenvalue weighted by atomic mass is 127. The second-order valence-corrected chi connectivity index (χ2v) is 5.82. The first-order chi connectivity index (χ1) is 9.02. The molecule has 0 aromatic rings. The predicted molar refractivity (Wildman–Crippen MR) is 97.9 cm³/mol. The van der Waals surface area contributed by atoms with E-state index in [2.05, 4.69) is 47.8 Å². The fourth-order valence-corrected chi connectivity index (χ4v) is 2.24. The number of aliphatic imine (C=N–C) groups is 1. The number of rotatable bonds is 6. The van der Waals surface area contributed by atoms with Crippen LogP contribution in [0.2, 0.25) is 0 Å². The lowest BCUT2D eigenvalue weighted by molar-refractivity contribution is 0.107. The van der Waals surface area contributed by atoms with Gasteiger partial charge in [-0.25, -0.2) is 0 Å². The molecule has 0 bridgehead atoms. The van der Waals surface area contributed by atoms with Gasteiger partial charge in [0.25, 0.3) is 0 Å². The summed E-state index contributed by atoms with van der Waals surface area (Å²) in [6.45, 7) is 16.3. The van der Waals surface area contributed by atoms with Crippen LogP contribution in [-0.2, 0) is 0 Å². The van der Waals surface area contributed by atoms with Crippen LogP contribution in [0.1, 0.15) is 27.7 Å². The molecule has 1 fully saturated rings. The molecule has 0 amide bonds. The minimum atomic E-state index is 0. The number of nitrogens with one attached hydrogen (secondary N) is 1. The number of hydrogen-bond acceptors (Lipinski definition) is 3. The van der Waals surface area contributed by atoms with Gasteiger partial charge >= 0.3 is 0 Å². The number of guanidine groups is 1. The molecule has 3 N–H and O–H groups in total. The van der Waals surface area contributed by atoms with Gasteiger partial charge in [-0.1, -0.05) is 20.8 Å². The minimum absolute atomic E-state index is 0. The Hall–Kier alpha value is -0.0800. The molecule has 5 nitrogen and oxygen atoms in total. The van der Waals surface area contributed by atoms with Gasteiger partial charge in [-0.05, 0) is 19.4 Å². The quantitative estimate of drug-likeness (QED) is 0.402. The van der Waals surface area contributed by atoms with Crippen molar-refractivity contribution in [2.24, 2.45) is 16.6 Å². The largest absolute Gasteiger partial charge is 0.370 e. The summed E-state index contributed by atoms with van der Waals surface area (Å²) in [5.41, 5.74) is 5.86. The monoisotopic (exact) mass is 397 g/mol. The number of piperazine rings is 1. The van der Waals surface area contributed by atoms with E-state index in [-0.39, 0.29) is 24.0 Å². The molecule has 1 atom stereocenters. The zero-order valence-electron chi connectivity index (χ0n) is 13.4. The smallest absolute Gasteiger partial charge is 0.188 e. The SMILES string of the molecule is CCN1CCN(C(C)CNC(N)=NCC(C)C)CC1.I. The highest BCUT2D eigenvalue weighted by molar-refractivity contribution is 14.0. The van der Waals surface area contributed by atoms with Crippen molar-refractivity contribution in [1.82, 2.24) is 15.1 Å². The van der Waals surface area contributed by atoms with Crippen LogP contribution in [0, 0.1) is 5.92 Å². The lowest BCUT2D eigenvalue weighted by atomic mass is 10.2. The molecule has 20 heavy (non-hydrogen) atoms. The van der Waals surface area contributed by atoms with E-state index in [1.165, 1.54) is 13.1 Å². The van der Waals surface area contributed by atoms with Gasteiger partial charge in [0.15, 0.2) is 5.96 Å². The van der Waals surface area contributed by atoms with Crippen LogP contribution in [0.3, 0.4) is 0 Å². The molecule has 1 saturated heterocycles. The van der Waals surface area contributed by atoms with Gasteiger partial charge in [0.2, 0.25) is 0 Å². The van der Waals surface area contributed by atoms with Crippen molar-refractivity contribution >= 4 is 29.9 Å². The first-order valence-electron chi connectivity index (χ1n) is 7.53. The van der Waals surface area contributed by atoms with Crippen LogP contribution in [0.5, 0.6) is 0 Å². The van der Waals surface area contributed by atoms with E-state index in [9.17, 15) is 0 Å². The summed E-state index contributed by atoms with van der Waals surface area (Å²) in [6.07, 6.45) is 0. The van der Waals surface area contributed by atoms with Crippen LogP contribution in [0.4, 0.5) is 0 Å². The molecule has 0 spiro atoms. The molecule has 1 aliphatic heterocycles. The van der Waals surface area contributed by atoms with Crippen molar-refractivity contribution in [2.75, 3.05) is 45.8 Å². The lowest BCUT2D eigenvalue weighted by Gasteiger charge is -2.37. The van der Waals surface area contributed by atoms with Crippen LogP contribution < -0.4 is 11.1 Å². The molecular formula is C14H32IN5. The van der Waals surface area contributed by atoms with E-state index in [0.29, 0.717) is 17.9 Å². The van der Waals surface area contributed by atoms with Crippen LogP contribution in [0.25, 0.3) is 0 Å². The third-order valence-corrected chi connectivity index (χ3v) is 3.68. The maximum absolute atomic E-state index is 5.86. The molecule has 120 valence electrons. The second-order valence-electron chi connectivity index (χ2n) is 5.82. The normalized spacial score (nSPS) is 19.8.